The molecule has 0 nitrogen and oxygen atoms in total. The van der Waals surface area contributed by atoms with Gasteiger partial charge in [0.15, 0.2) is 0 Å². The molecule has 3 rings (SSSR count). The van der Waals surface area contributed by atoms with Gasteiger partial charge >= 0.3 is 165 Å². The van der Waals surface area contributed by atoms with Crippen molar-refractivity contribution in [1.29, 1.82) is 0 Å². The van der Waals surface area contributed by atoms with Crippen LogP contribution in [-0.4, -0.2) is 22.7 Å². The standard InChI is InChI=1S/C24H29AsSi/c1-4-26(5-2,6-3)24-20-14-13-19-23(24)25(21-15-9-7-10-16-21)22-17-11-8-12-18-22/h7-20H,4-6H2,1-3H3. The summed E-state index contributed by atoms with van der Waals surface area (Å²) in [5.74, 6) is 0. The van der Waals surface area contributed by atoms with Gasteiger partial charge in [0, 0.05) is 0 Å². The van der Waals surface area contributed by atoms with Crippen LogP contribution in [0.3, 0.4) is 0 Å². The average molecular weight is 421 g/mol. The molecule has 0 aliphatic heterocycles. The van der Waals surface area contributed by atoms with Crippen LogP contribution in [0.4, 0.5) is 0 Å². The summed E-state index contributed by atoms with van der Waals surface area (Å²) < 4.78 is 4.73. The Labute approximate surface area is 164 Å². The van der Waals surface area contributed by atoms with E-state index in [0.717, 1.165) is 0 Å². The number of rotatable bonds is 7. The van der Waals surface area contributed by atoms with Gasteiger partial charge in [-0.15, -0.1) is 0 Å². The monoisotopic (exact) mass is 420 g/mol. The Bertz CT molecular complexity index is 762. The van der Waals surface area contributed by atoms with E-state index in [-0.39, 0.29) is 0 Å². The second kappa shape index (κ2) is 8.89. The third-order valence-electron chi connectivity index (χ3n) is 5.78. The molecule has 26 heavy (non-hydrogen) atoms. The molecule has 0 amide bonds. The molecule has 0 bridgehead atoms. The molecule has 0 heterocycles. The van der Waals surface area contributed by atoms with Crippen molar-refractivity contribution in [1.82, 2.24) is 0 Å². The molecule has 0 unspecified atom stereocenters. The van der Waals surface area contributed by atoms with Crippen molar-refractivity contribution < 1.29 is 0 Å². The predicted molar refractivity (Wildman–Crippen MR) is 121 cm³/mol. The molecule has 0 aliphatic carbocycles. The number of hydrogen-bond donors (Lipinski definition) is 0. The van der Waals surface area contributed by atoms with Crippen molar-refractivity contribution in [3.8, 4) is 0 Å². The molecule has 0 saturated carbocycles. The predicted octanol–water partition coefficient (Wildman–Crippen LogP) is 3.92. The minimum absolute atomic E-state index is 1.34. The Morgan fingerprint density at radius 2 is 1.00 bits per heavy atom. The summed E-state index contributed by atoms with van der Waals surface area (Å²) in [6, 6.07) is 35.9. The second-order valence-electron chi connectivity index (χ2n) is 6.86. The van der Waals surface area contributed by atoms with Gasteiger partial charge in [-0.05, 0) is 0 Å². The first-order chi connectivity index (χ1) is 12.8. The molecule has 0 radical (unpaired) electrons. The molecule has 3 aromatic rings. The Hall–Kier alpha value is -1.56. The van der Waals surface area contributed by atoms with E-state index in [1.54, 1.807) is 9.54 Å². The Balaban J connectivity index is 2.24. The number of benzene rings is 3. The summed E-state index contributed by atoms with van der Waals surface area (Å²) >= 11 is -1.54. The fourth-order valence-corrected chi connectivity index (χ4v) is 14.7. The van der Waals surface area contributed by atoms with Crippen molar-refractivity contribution in [2.24, 2.45) is 0 Å². The van der Waals surface area contributed by atoms with Gasteiger partial charge in [0.1, 0.15) is 0 Å². The third kappa shape index (κ3) is 3.75. The SMILES string of the molecule is CC[Si](CC)(CC)c1ccccc1[As](c1ccccc1)c1ccccc1. The van der Waals surface area contributed by atoms with Crippen LogP contribution in [0.25, 0.3) is 0 Å². The molecular weight excluding hydrogens is 391 g/mol. The van der Waals surface area contributed by atoms with Gasteiger partial charge < -0.3 is 0 Å². The van der Waals surface area contributed by atoms with Gasteiger partial charge in [-0.25, -0.2) is 0 Å². The van der Waals surface area contributed by atoms with Gasteiger partial charge in [-0.2, -0.15) is 0 Å². The van der Waals surface area contributed by atoms with Crippen LogP contribution < -0.4 is 18.2 Å². The van der Waals surface area contributed by atoms with Crippen LogP contribution in [0, 0.1) is 0 Å². The normalized spacial score (nSPS) is 11.7. The topological polar surface area (TPSA) is 0 Å². The van der Waals surface area contributed by atoms with Crippen molar-refractivity contribution in [3.63, 3.8) is 0 Å². The summed E-state index contributed by atoms with van der Waals surface area (Å²) in [7, 11) is -1.43. The zero-order valence-electron chi connectivity index (χ0n) is 16.2. The molecule has 3 aromatic carbocycles. The van der Waals surface area contributed by atoms with Gasteiger partial charge in [0.2, 0.25) is 0 Å². The van der Waals surface area contributed by atoms with Crippen LogP contribution >= 0.6 is 0 Å². The maximum atomic E-state index is 2.46. The fourth-order valence-electron chi connectivity index (χ4n) is 4.02. The van der Waals surface area contributed by atoms with E-state index in [1.165, 1.54) is 26.8 Å². The van der Waals surface area contributed by atoms with Crippen LogP contribution in [0.15, 0.2) is 84.9 Å². The summed E-state index contributed by atoms with van der Waals surface area (Å²) in [6.07, 6.45) is 0. The van der Waals surface area contributed by atoms with Gasteiger partial charge in [0.25, 0.3) is 0 Å². The quantitative estimate of drug-likeness (QED) is 0.509. The first-order valence-electron chi connectivity index (χ1n) is 9.75. The molecule has 0 spiro atoms. The van der Waals surface area contributed by atoms with Crippen molar-refractivity contribution in [3.05, 3.63) is 84.9 Å². The zero-order valence-corrected chi connectivity index (χ0v) is 19.0. The van der Waals surface area contributed by atoms with E-state index in [9.17, 15) is 0 Å². The van der Waals surface area contributed by atoms with E-state index in [1.807, 2.05) is 0 Å². The average Bonchev–Trinajstić information content (AvgIpc) is 2.73. The summed E-state index contributed by atoms with van der Waals surface area (Å²) in [4.78, 5) is 0. The van der Waals surface area contributed by atoms with Crippen LogP contribution in [0.1, 0.15) is 20.8 Å². The van der Waals surface area contributed by atoms with E-state index in [0.29, 0.717) is 0 Å². The van der Waals surface area contributed by atoms with Crippen molar-refractivity contribution in [2.45, 2.75) is 38.9 Å². The van der Waals surface area contributed by atoms with Crippen molar-refractivity contribution in [2.75, 3.05) is 0 Å². The molecular formula is C24H29AsSi. The van der Waals surface area contributed by atoms with E-state index >= 15 is 0 Å². The van der Waals surface area contributed by atoms with E-state index in [4.69, 9.17) is 0 Å². The molecule has 0 aromatic heterocycles. The zero-order chi connectivity index (χ0) is 18.4. The first kappa shape index (κ1) is 19.2. The van der Waals surface area contributed by atoms with Crippen LogP contribution in [0.5, 0.6) is 0 Å². The first-order valence-corrected chi connectivity index (χ1v) is 15.2. The van der Waals surface area contributed by atoms with Gasteiger partial charge in [-0.1, -0.05) is 0 Å². The molecule has 0 aliphatic rings. The summed E-state index contributed by atoms with van der Waals surface area (Å²) in [5, 5.41) is 1.72. The second-order valence-corrected chi connectivity index (χ2v) is 16.7. The Kier molecular flexibility index (Phi) is 6.56. The summed E-state index contributed by atoms with van der Waals surface area (Å²) in [5.41, 5.74) is 0. The number of hydrogen-bond acceptors (Lipinski definition) is 0. The van der Waals surface area contributed by atoms with Gasteiger partial charge in [0.05, 0.1) is 0 Å². The molecule has 0 atom stereocenters. The van der Waals surface area contributed by atoms with Gasteiger partial charge in [-0.3, -0.25) is 0 Å². The van der Waals surface area contributed by atoms with Crippen LogP contribution in [-0.2, 0) is 0 Å². The van der Waals surface area contributed by atoms with Crippen molar-refractivity contribution >= 4 is 41.0 Å². The third-order valence-corrected chi connectivity index (χ3v) is 17.1. The fraction of sp³-hybridized carbons (Fsp3) is 0.250. The molecule has 2 heteroatoms. The molecule has 0 N–H and O–H groups in total. The molecule has 134 valence electrons. The molecule has 0 fully saturated rings. The Morgan fingerprint density at radius 3 is 1.46 bits per heavy atom. The van der Waals surface area contributed by atoms with Crippen LogP contribution in [0.2, 0.25) is 18.1 Å². The van der Waals surface area contributed by atoms with E-state index < -0.39 is 22.7 Å². The maximum absolute atomic E-state index is 2.46. The molecule has 0 saturated heterocycles. The summed E-state index contributed by atoms with van der Waals surface area (Å²) in [6.45, 7) is 7.25. The minimum atomic E-state index is -1.54. The Morgan fingerprint density at radius 1 is 0.577 bits per heavy atom. The van der Waals surface area contributed by atoms with E-state index in [2.05, 4.69) is 106 Å².